The Morgan fingerprint density at radius 3 is 2.52 bits per heavy atom. The number of nitrogens with one attached hydrogen (secondary N) is 1. The summed E-state index contributed by atoms with van der Waals surface area (Å²) in [6, 6.07) is 9.70. The third kappa shape index (κ3) is 5.14. The van der Waals surface area contributed by atoms with Gasteiger partial charge in [0.05, 0.1) is 0 Å². The van der Waals surface area contributed by atoms with Gasteiger partial charge in [0.2, 0.25) is 0 Å². The van der Waals surface area contributed by atoms with Gasteiger partial charge >= 0.3 is 0 Å². The van der Waals surface area contributed by atoms with Crippen molar-refractivity contribution in [3.8, 4) is 0 Å². The van der Waals surface area contributed by atoms with Gasteiger partial charge in [-0.1, -0.05) is 64.3 Å². The van der Waals surface area contributed by atoms with Crippen LogP contribution in [0.5, 0.6) is 0 Å². The third-order valence-electron chi connectivity index (χ3n) is 5.19. The highest BCUT2D eigenvalue weighted by Crippen LogP contribution is 2.30. The first-order valence-electron chi connectivity index (χ1n) is 9.05. The standard InChI is InChI=1S/C20H33N/c1-4-17-9-11-19(12-10-17)20(5-2)21-14-13-18-8-6-7-16(3)15-18/h9-12,16,18,20-21H,4-8,13-15H2,1-3H3. The molecule has 1 aliphatic carbocycles. The van der Waals surface area contributed by atoms with Gasteiger partial charge in [-0.15, -0.1) is 0 Å². The molecular formula is C20H33N. The van der Waals surface area contributed by atoms with E-state index in [0.717, 1.165) is 18.3 Å². The summed E-state index contributed by atoms with van der Waals surface area (Å²) in [5.41, 5.74) is 2.89. The minimum Gasteiger partial charge on any atom is -0.310 e. The lowest BCUT2D eigenvalue weighted by atomic mass is 9.81. The van der Waals surface area contributed by atoms with Crippen LogP contribution in [0, 0.1) is 11.8 Å². The summed E-state index contributed by atoms with van der Waals surface area (Å²) in [6.07, 6.45) is 9.45. The van der Waals surface area contributed by atoms with E-state index in [1.807, 2.05) is 0 Å². The lowest BCUT2D eigenvalue weighted by molar-refractivity contribution is 0.264. The fourth-order valence-corrected chi connectivity index (χ4v) is 3.77. The maximum atomic E-state index is 3.79. The maximum absolute atomic E-state index is 3.79. The summed E-state index contributed by atoms with van der Waals surface area (Å²) < 4.78 is 0. The number of rotatable bonds is 7. The molecular weight excluding hydrogens is 254 g/mol. The van der Waals surface area contributed by atoms with Crippen molar-refractivity contribution in [3.63, 3.8) is 0 Å². The molecule has 1 saturated carbocycles. The van der Waals surface area contributed by atoms with Crippen LogP contribution in [0.1, 0.15) is 76.5 Å². The molecule has 1 N–H and O–H groups in total. The molecule has 2 rings (SSSR count). The monoisotopic (exact) mass is 287 g/mol. The van der Waals surface area contributed by atoms with E-state index in [4.69, 9.17) is 0 Å². The van der Waals surface area contributed by atoms with Crippen LogP contribution >= 0.6 is 0 Å². The quantitative estimate of drug-likeness (QED) is 0.697. The Balaban J connectivity index is 1.78. The molecule has 3 atom stereocenters. The SMILES string of the molecule is CCc1ccc(C(CC)NCCC2CCCC(C)C2)cc1. The van der Waals surface area contributed by atoms with Crippen molar-refractivity contribution in [1.29, 1.82) is 0 Å². The second kappa shape index (κ2) is 8.58. The average molecular weight is 287 g/mol. The summed E-state index contributed by atoms with van der Waals surface area (Å²) in [7, 11) is 0. The summed E-state index contributed by atoms with van der Waals surface area (Å²) in [5, 5.41) is 3.79. The third-order valence-corrected chi connectivity index (χ3v) is 5.19. The molecule has 0 spiro atoms. The van der Waals surface area contributed by atoms with Gasteiger partial charge < -0.3 is 5.32 Å². The van der Waals surface area contributed by atoms with Gasteiger partial charge in [0, 0.05) is 6.04 Å². The van der Waals surface area contributed by atoms with Gasteiger partial charge in [0.25, 0.3) is 0 Å². The van der Waals surface area contributed by atoms with Crippen LogP contribution in [0.2, 0.25) is 0 Å². The summed E-state index contributed by atoms with van der Waals surface area (Å²) in [6.45, 7) is 8.10. The van der Waals surface area contributed by atoms with Gasteiger partial charge in [-0.3, -0.25) is 0 Å². The summed E-state index contributed by atoms with van der Waals surface area (Å²) >= 11 is 0. The van der Waals surface area contributed by atoms with Crippen molar-refractivity contribution in [1.82, 2.24) is 5.32 Å². The van der Waals surface area contributed by atoms with Crippen LogP contribution in [0.25, 0.3) is 0 Å². The first-order valence-corrected chi connectivity index (χ1v) is 9.05. The Morgan fingerprint density at radius 1 is 1.14 bits per heavy atom. The molecule has 0 aromatic heterocycles. The van der Waals surface area contributed by atoms with E-state index in [1.54, 1.807) is 0 Å². The number of hydrogen-bond acceptors (Lipinski definition) is 1. The Labute approximate surface area is 131 Å². The molecule has 0 heterocycles. The lowest BCUT2D eigenvalue weighted by Gasteiger charge is -2.27. The van der Waals surface area contributed by atoms with Crippen molar-refractivity contribution < 1.29 is 0 Å². The molecule has 0 bridgehead atoms. The van der Waals surface area contributed by atoms with Crippen LogP contribution in [0.4, 0.5) is 0 Å². The normalized spacial score (nSPS) is 24.0. The highest BCUT2D eigenvalue weighted by molar-refractivity contribution is 5.25. The van der Waals surface area contributed by atoms with Crippen LogP contribution in [-0.2, 0) is 6.42 Å². The van der Waals surface area contributed by atoms with Gasteiger partial charge in [0.15, 0.2) is 0 Å². The van der Waals surface area contributed by atoms with E-state index in [2.05, 4.69) is 50.4 Å². The Bertz CT molecular complexity index is 395. The molecule has 0 radical (unpaired) electrons. The van der Waals surface area contributed by atoms with Crippen LogP contribution in [-0.4, -0.2) is 6.54 Å². The van der Waals surface area contributed by atoms with Crippen LogP contribution < -0.4 is 5.32 Å². The molecule has 1 aromatic rings. The minimum atomic E-state index is 0.525. The fourth-order valence-electron chi connectivity index (χ4n) is 3.77. The molecule has 1 heteroatoms. The van der Waals surface area contributed by atoms with E-state index < -0.39 is 0 Å². The van der Waals surface area contributed by atoms with Crippen molar-refractivity contribution in [3.05, 3.63) is 35.4 Å². The molecule has 3 unspecified atom stereocenters. The van der Waals surface area contributed by atoms with Gasteiger partial charge in [-0.25, -0.2) is 0 Å². The van der Waals surface area contributed by atoms with Gasteiger partial charge in [0.1, 0.15) is 0 Å². The largest absolute Gasteiger partial charge is 0.310 e. The van der Waals surface area contributed by atoms with Crippen molar-refractivity contribution in [2.24, 2.45) is 11.8 Å². The van der Waals surface area contributed by atoms with E-state index >= 15 is 0 Å². The number of benzene rings is 1. The maximum Gasteiger partial charge on any atom is 0.0317 e. The second-order valence-electron chi connectivity index (χ2n) is 6.94. The van der Waals surface area contributed by atoms with E-state index in [9.17, 15) is 0 Å². The summed E-state index contributed by atoms with van der Waals surface area (Å²) in [4.78, 5) is 0. The Morgan fingerprint density at radius 2 is 1.90 bits per heavy atom. The first kappa shape index (κ1) is 16.5. The van der Waals surface area contributed by atoms with Crippen LogP contribution in [0.15, 0.2) is 24.3 Å². The smallest absolute Gasteiger partial charge is 0.0317 e. The lowest BCUT2D eigenvalue weighted by Crippen LogP contribution is -2.25. The van der Waals surface area contributed by atoms with Crippen molar-refractivity contribution in [2.75, 3.05) is 6.54 Å². The molecule has 1 nitrogen and oxygen atoms in total. The zero-order chi connectivity index (χ0) is 15.1. The molecule has 0 saturated heterocycles. The molecule has 1 aromatic carbocycles. The first-order chi connectivity index (χ1) is 10.2. The summed E-state index contributed by atoms with van der Waals surface area (Å²) in [5.74, 6) is 1.91. The van der Waals surface area contributed by atoms with E-state index in [1.165, 1.54) is 56.2 Å². The molecule has 0 aliphatic heterocycles. The second-order valence-corrected chi connectivity index (χ2v) is 6.94. The van der Waals surface area contributed by atoms with Gasteiger partial charge in [-0.05, 0) is 55.2 Å². The number of aryl methyl sites for hydroxylation is 1. The molecule has 21 heavy (non-hydrogen) atoms. The number of hydrogen-bond donors (Lipinski definition) is 1. The van der Waals surface area contributed by atoms with Gasteiger partial charge in [-0.2, -0.15) is 0 Å². The predicted octanol–water partition coefficient (Wildman–Crippen LogP) is 5.51. The zero-order valence-electron chi connectivity index (χ0n) is 14.2. The fraction of sp³-hybridized carbons (Fsp3) is 0.700. The Kier molecular flexibility index (Phi) is 6.76. The topological polar surface area (TPSA) is 12.0 Å². The van der Waals surface area contributed by atoms with Crippen molar-refractivity contribution in [2.45, 2.75) is 71.8 Å². The molecule has 0 amide bonds. The minimum absolute atomic E-state index is 0.525. The Hall–Kier alpha value is -0.820. The van der Waals surface area contributed by atoms with Crippen molar-refractivity contribution >= 4 is 0 Å². The average Bonchev–Trinajstić information content (AvgIpc) is 2.52. The van der Waals surface area contributed by atoms with E-state index in [0.29, 0.717) is 6.04 Å². The molecule has 1 aliphatic rings. The molecule has 1 fully saturated rings. The van der Waals surface area contributed by atoms with E-state index in [-0.39, 0.29) is 0 Å². The zero-order valence-corrected chi connectivity index (χ0v) is 14.2. The van der Waals surface area contributed by atoms with Crippen LogP contribution in [0.3, 0.4) is 0 Å². The highest BCUT2D eigenvalue weighted by atomic mass is 14.9. The predicted molar refractivity (Wildman–Crippen MR) is 92.6 cm³/mol. The highest BCUT2D eigenvalue weighted by Gasteiger charge is 2.18. The molecule has 118 valence electrons.